The molecule has 0 saturated heterocycles. The summed E-state index contributed by atoms with van der Waals surface area (Å²) in [6.07, 6.45) is -1.06. The molecule has 0 spiro atoms. The summed E-state index contributed by atoms with van der Waals surface area (Å²) in [7, 11) is 0. The van der Waals surface area contributed by atoms with Gasteiger partial charge in [0.1, 0.15) is 5.75 Å². The zero-order chi connectivity index (χ0) is 21.6. The van der Waals surface area contributed by atoms with Gasteiger partial charge in [0.2, 0.25) is 11.8 Å². The van der Waals surface area contributed by atoms with Gasteiger partial charge in [0, 0.05) is 31.5 Å². The van der Waals surface area contributed by atoms with Gasteiger partial charge in [-0.15, -0.1) is 0 Å². The number of hydrogen-bond donors (Lipinski definition) is 6. The van der Waals surface area contributed by atoms with Crippen LogP contribution >= 0.6 is 0 Å². The van der Waals surface area contributed by atoms with Crippen LogP contribution in [-0.4, -0.2) is 59.8 Å². The molecule has 11 nitrogen and oxygen atoms in total. The van der Waals surface area contributed by atoms with Crippen molar-refractivity contribution in [3.05, 3.63) is 24.3 Å². The molecule has 0 aliphatic heterocycles. The Morgan fingerprint density at radius 3 is 2.34 bits per heavy atom. The number of carboxylic acids is 1. The number of carboxylic acid groups (broad SMARTS) is 1. The molecule has 3 amide bonds. The van der Waals surface area contributed by atoms with Crippen LogP contribution in [0.25, 0.3) is 0 Å². The molecule has 0 saturated carbocycles. The van der Waals surface area contributed by atoms with Gasteiger partial charge in [0.15, 0.2) is 6.17 Å². The van der Waals surface area contributed by atoms with Gasteiger partial charge in [-0.25, -0.2) is 0 Å². The fraction of sp³-hybridized carbons (Fsp3) is 0.444. The van der Waals surface area contributed by atoms with Crippen molar-refractivity contribution < 1.29 is 34.1 Å². The summed E-state index contributed by atoms with van der Waals surface area (Å²) in [5.41, 5.74) is 5.51. The number of aliphatic hydroxyl groups is 1. The number of carbonyl (C=O) groups is 4. The van der Waals surface area contributed by atoms with Crippen molar-refractivity contribution in [2.45, 2.75) is 31.8 Å². The van der Waals surface area contributed by atoms with Crippen molar-refractivity contribution in [2.24, 2.45) is 5.73 Å². The lowest BCUT2D eigenvalue weighted by Crippen LogP contribution is -2.51. The number of amides is 3. The molecule has 1 unspecified atom stereocenters. The standard InChI is InChI=1S/C18H26N4O7/c19-14(24)7-8-15(25)22-17(18(28)20-9-10-23)21-12-3-5-13(6-4-12)29-11-1-2-16(26)27/h3-6,17,21,23H,1-2,7-11H2,(H2,19,24)(H,20,28)(H,22,25)(H,26,27). The highest BCUT2D eigenvalue weighted by Gasteiger charge is 2.20. The lowest BCUT2D eigenvalue weighted by molar-refractivity contribution is -0.137. The second-order valence-electron chi connectivity index (χ2n) is 6.00. The number of rotatable bonds is 14. The predicted octanol–water partition coefficient (Wildman–Crippen LogP) is -0.842. The van der Waals surface area contributed by atoms with Crippen LogP contribution in [0.5, 0.6) is 5.75 Å². The first-order valence-electron chi connectivity index (χ1n) is 8.99. The summed E-state index contributed by atoms with van der Waals surface area (Å²) in [6.45, 7) is 0.000469. The largest absolute Gasteiger partial charge is 0.494 e. The van der Waals surface area contributed by atoms with Crippen LogP contribution in [-0.2, 0) is 19.2 Å². The van der Waals surface area contributed by atoms with E-state index < -0.39 is 29.9 Å². The topological polar surface area (TPSA) is 180 Å². The van der Waals surface area contributed by atoms with Gasteiger partial charge in [-0.3, -0.25) is 19.2 Å². The summed E-state index contributed by atoms with van der Waals surface area (Å²) in [5, 5.41) is 25.2. The minimum atomic E-state index is -1.13. The molecular formula is C18H26N4O7. The maximum Gasteiger partial charge on any atom is 0.303 e. The highest BCUT2D eigenvalue weighted by molar-refractivity contribution is 5.90. The molecule has 0 radical (unpaired) electrons. The van der Waals surface area contributed by atoms with Crippen LogP contribution in [0, 0.1) is 0 Å². The normalized spacial score (nSPS) is 11.2. The minimum absolute atomic E-state index is 0.0112. The van der Waals surface area contributed by atoms with E-state index in [-0.39, 0.29) is 39.0 Å². The van der Waals surface area contributed by atoms with Gasteiger partial charge in [-0.1, -0.05) is 0 Å². The highest BCUT2D eigenvalue weighted by atomic mass is 16.5. The third-order valence-electron chi connectivity index (χ3n) is 3.55. The molecule has 0 aliphatic rings. The Bertz CT molecular complexity index is 694. The highest BCUT2D eigenvalue weighted by Crippen LogP contribution is 2.16. The second-order valence-corrected chi connectivity index (χ2v) is 6.00. The molecule has 1 aromatic carbocycles. The summed E-state index contributed by atoms with van der Waals surface area (Å²) in [4.78, 5) is 45.4. The van der Waals surface area contributed by atoms with Crippen molar-refractivity contribution in [1.29, 1.82) is 0 Å². The van der Waals surface area contributed by atoms with E-state index in [9.17, 15) is 19.2 Å². The molecule has 11 heteroatoms. The van der Waals surface area contributed by atoms with Crippen LogP contribution < -0.4 is 26.4 Å². The molecule has 0 heterocycles. The average molecular weight is 410 g/mol. The van der Waals surface area contributed by atoms with Gasteiger partial charge in [0.25, 0.3) is 5.91 Å². The van der Waals surface area contributed by atoms with Crippen molar-refractivity contribution in [3.63, 3.8) is 0 Å². The van der Waals surface area contributed by atoms with E-state index >= 15 is 0 Å². The first-order valence-corrected chi connectivity index (χ1v) is 8.99. The van der Waals surface area contributed by atoms with Crippen molar-refractivity contribution >= 4 is 29.4 Å². The van der Waals surface area contributed by atoms with Gasteiger partial charge >= 0.3 is 5.97 Å². The molecule has 1 rings (SSSR count). The Labute approximate surface area is 167 Å². The molecule has 0 bridgehead atoms. The molecule has 7 N–H and O–H groups in total. The molecule has 1 atom stereocenters. The van der Waals surface area contributed by atoms with Crippen LogP contribution in [0.1, 0.15) is 25.7 Å². The number of aliphatic hydroxyl groups excluding tert-OH is 1. The molecule has 29 heavy (non-hydrogen) atoms. The number of nitrogens with one attached hydrogen (secondary N) is 3. The first kappa shape index (κ1) is 23.7. The quantitative estimate of drug-likeness (QED) is 0.170. The second kappa shape index (κ2) is 12.9. The maximum atomic E-state index is 12.2. The summed E-state index contributed by atoms with van der Waals surface area (Å²) >= 11 is 0. The number of primary amides is 1. The van der Waals surface area contributed by atoms with Crippen molar-refractivity contribution in [3.8, 4) is 5.75 Å². The van der Waals surface area contributed by atoms with Crippen LogP contribution in [0.4, 0.5) is 5.69 Å². The van der Waals surface area contributed by atoms with Gasteiger partial charge in [-0.05, 0) is 30.7 Å². The van der Waals surface area contributed by atoms with E-state index in [4.69, 9.17) is 20.7 Å². The Balaban J connectivity index is 2.66. The SMILES string of the molecule is NC(=O)CCC(=O)NC(Nc1ccc(OCCCC(=O)O)cc1)C(=O)NCCO. The van der Waals surface area contributed by atoms with E-state index in [1.165, 1.54) is 0 Å². The lowest BCUT2D eigenvalue weighted by Gasteiger charge is -2.21. The Morgan fingerprint density at radius 1 is 1.07 bits per heavy atom. The van der Waals surface area contributed by atoms with Crippen LogP contribution in [0.15, 0.2) is 24.3 Å². The number of carbonyl (C=O) groups excluding carboxylic acids is 3. The van der Waals surface area contributed by atoms with Gasteiger partial charge in [0.05, 0.1) is 13.2 Å². The lowest BCUT2D eigenvalue weighted by atomic mass is 10.2. The summed E-state index contributed by atoms with van der Waals surface area (Å²) < 4.78 is 5.42. The Morgan fingerprint density at radius 2 is 1.76 bits per heavy atom. The zero-order valence-electron chi connectivity index (χ0n) is 15.8. The Kier molecular flexibility index (Phi) is 10.6. The van der Waals surface area contributed by atoms with E-state index in [0.717, 1.165) is 0 Å². The molecule has 0 aliphatic carbocycles. The molecule has 1 aromatic rings. The van der Waals surface area contributed by atoms with E-state index in [1.54, 1.807) is 24.3 Å². The summed E-state index contributed by atoms with van der Waals surface area (Å²) in [5.74, 6) is -2.11. The van der Waals surface area contributed by atoms with Crippen LogP contribution in [0.2, 0.25) is 0 Å². The zero-order valence-corrected chi connectivity index (χ0v) is 15.8. The first-order chi connectivity index (χ1) is 13.8. The van der Waals surface area contributed by atoms with E-state index in [1.807, 2.05) is 0 Å². The van der Waals surface area contributed by atoms with Crippen molar-refractivity contribution in [1.82, 2.24) is 10.6 Å². The number of anilines is 1. The van der Waals surface area contributed by atoms with Gasteiger partial charge in [-0.2, -0.15) is 0 Å². The predicted molar refractivity (Wildman–Crippen MR) is 103 cm³/mol. The van der Waals surface area contributed by atoms with E-state index in [0.29, 0.717) is 17.9 Å². The Hall–Kier alpha value is -3.34. The molecule has 0 aromatic heterocycles. The third kappa shape index (κ3) is 10.5. The third-order valence-corrected chi connectivity index (χ3v) is 3.55. The number of aliphatic carboxylic acids is 1. The van der Waals surface area contributed by atoms with Crippen molar-refractivity contribution in [2.75, 3.05) is 25.1 Å². The number of hydrogen-bond acceptors (Lipinski definition) is 7. The fourth-order valence-corrected chi connectivity index (χ4v) is 2.15. The molecule has 160 valence electrons. The van der Waals surface area contributed by atoms with Crippen LogP contribution in [0.3, 0.4) is 0 Å². The minimum Gasteiger partial charge on any atom is -0.494 e. The van der Waals surface area contributed by atoms with E-state index in [2.05, 4.69) is 16.0 Å². The fourth-order valence-electron chi connectivity index (χ4n) is 2.15. The van der Waals surface area contributed by atoms with Gasteiger partial charge < -0.3 is 36.6 Å². The summed E-state index contributed by atoms with van der Waals surface area (Å²) in [6, 6.07) is 6.49. The smallest absolute Gasteiger partial charge is 0.303 e. The maximum absolute atomic E-state index is 12.2. The molecular weight excluding hydrogens is 384 g/mol. The molecule has 0 fully saturated rings. The number of ether oxygens (including phenoxy) is 1. The average Bonchev–Trinajstić information content (AvgIpc) is 2.68. The number of benzene rings is 1. The monoisotopic (exact) mass is 410 g/mol. The number of nitrogens with two attached hydrogens (primary N) is 1.